The van der Waals surface area contributed by atoms with E-state index in [4.69, 9.17) is 4.52 Å². The molecule has 2 saturated heterocycles. The summed E-state index contributed by atoms with van der Waals surface area (Å²) in [6.45, 7) is 8.06. The van der Waals surface area contributed by atoms with Crippen molar-refractivity contribution in [3.63, 3.8) is 0 Å². The van der Waals surface area contributed by atoms with Crippen LogP contribution in [0.3, 0.4) is 0 Å². The van der Waals surface area contributed by atoms with Crippen LogP contribution >= 0.6 is 0 Å². The predicted octanol–water partition coefficient (Wildman–Crippen LogP) is 4.41. The van der Waals surface area contributed by atoms with Crippen LogP contribution in [0.2, 0.25) is 0 Å². The topological polar surface area (TPSA) is 66.7 Å². The summed E-state index contributed by atoms with van der Waals surface area (Å²) in [4.78, 5) is 31.0. The number of amides is 2. The number of carbonyl (C=O) groups is 2. The van der Waals surface area contributed by atoms with E-state index in [1.165, 1.54) is 5.56 Å². The van der Waals surface area contributed by atoms with E-state index in [1.807, 2.05) is 32.0 Å². The number of piperidine rings is 1. The van der Waals surface area contributed by atoms with E-state index in [1.54, 1.807) is 13.0 Å². The van der Waals surface area contributed by atoms with Crippen molar-refractivity contribution in [2.45, 2.75) is 89.9 Å². The van der Waals surface area contributed by atoms with Gasteiger partial charge >= 0.3 is 0 Å². The Morgan fingerprint density at radius 3 is 2.47 bits per heavy atom. The second-order valence-corrected chi connectivity index (χ2v) is 10.4. The third-order valence-electron chi connectivity index (χ3n) is 8.17. The van der Waals surface area contributed by atoms with Crippen molar-refractivity contribution in [3.8, 4) is 0 Å². The molecular weight excluding hydrogens is 402 g/mol. The molecule has 5 atom stereocenters. The fraction of sp³-hybridized carbons (Fsp3) is 0.577. The van der Waals surface area contributed by atoms with Crippen molar-refractivity contribution in [2.75, 3.05) is 0 Å². The Bertz CT molecular complexity index is 1020. The number of likely N-dealkylation sites (tertiary alicyclic amines) is 2. The number of aromatic nitrogens is 1. The van der Waals surface area contributed by atoms with Crippen LogP contribution in [0.5, 0.6) is 0 Å². The first-order valence-corrected chi connectivity index (χ1v) is 11.9. The molecule has 6 heteroatoms. The molecule has 2 amide bonds. The van der Waals surface area contributed by atoms with E-state index >= 15 is 0 Å². The van der Waals surface area contributed by atoms with Gasteiger partial charge in [0.2, 0.25) is 11.7 Å². The van der Waals surface area contributed by atoms with Crippen LogP contribution in [-0.4, -0.2) is 50.9 Å². The molecular formula is C26H33N3O3. The SMILES string of the molecule is CC(=O)N1[C@@H](Cc2ccccc2)[C@@H]2C[C@@]3(C)[C@H](CCC[C@@H]13)N2C(=O)c1cc(C(C)C)no1. The molecule has 0 N–H and O–H groups in total. The molecule has 2 bridgehead atoms. The summed E-state index contributed by atoms with van der Waals surface area (Å²) in [5.74, 6) is 0.560. The fourth-order valence-electron chi connectivity index (χ4n) is 6.71. The minimum absolute atomic E-state index is 0.0245. The largest absolute Gasteiger partial charge is 0.351 e. The Balaban J connectivity index is 1.57. The van der Waals surface area contributed by atoms with Crippen molar-refractivity contribution in [1.29, 1.82) is 0 Å². The first-order chi connectivity index (χ1) is 15.3. The Morgan fingerprint density at radius 1 is 1.16 bits per heavy atom. The second-order valence-electron chi connectivity index (χ2n) is 10.4. The monoisotopic (exact) mass is 435 g/mol. The van der Waals surface area contributed by atoms with Crippen molar-refractivity contribution < 1.29 is 14.1 Å². The van der Waals surface area contributed by atoms with Crippen molar-refractivity contribution in [2.24, 2.45) is 5.41 Å². The van der Waals surface area contributed by atoms with E-state index in [9.17, 15) is 9.59 Å². The van der Waals surface area contributed by atoms with Gasteiger partial charge in [0.05, 0.1) is 17.8 Å². The number of carbonyl (C=O) groups excluding carboxylic acids is 2. The van der Waals surface area contributed by atoms with Gasteiger partial charge < -0.3 is 14.3 Å². The highest BCUT2D eigenvalue weighted by molar-refractivity contribution is 5.92. The summed E-state index contributed by atoms with van der Waals surface area (Å²) >= 11 is 0. The Hall–Kier alpha value is -2.63. The van der Waals surface area contributed by atoms with Crippen LogP contribution in [0.15, 0.2) is 40.9 Å². The van der Waals surface area contributed by atoms with Crippen LogP contribution in [0.1, 0.15) is 81.1 Å². The number of nitrogens with zero attached hydrogens (tertiary/aromatic N) is 3. The average molecular weight is 436 g/mol. The first-order valence-electron chi connectivity index (χ1n) is 11.9. The van der Waals surface area contributed by atoms with E-state index in [0.717, 1.165) is 37.8 Å². The molecule has 170 valence electrons. The van der Waals surface area contributed by atoms with E-state index in [-0.39, 0.29) is 47.3 Å². The average Bonchev–Trinajstić information content (AvgIpc) is 3.36. The summed E-state index contributed by atoms with van der Waals surface area (Å²) in [5.41, 5.74) is 1.91. The third kappa shape index (κ3) is 3.18. The molecule has 1 aromatic heterocycles. The van der Waals surface area contributed by atoms with Crippen LogP contribution < -0.4 is 0 Å². The Morgan fingerprint density at radius 2 is 1.84 bits per heavy atom. The minimum atomic E-state index is -0.0850. The van der Waals surface area contributed by atoms with Gasteiger partial charge in [-0.1, -0.05) is 56.3 Å². The standard InChI is InChI=1S/C26H33N3O3/c1-16(2)19-14-22(32-27-19)25(31)29-21-15-26(4)23(11-8-12-24(26)29)28(17(3)30)20(21)13-18-9-6-5-7-10-18/h5-7,9-10,14,16,20-21,23-24H,8,11-13,15H2,1-4H3/t20-,21-,23+,24-,26+/m0/s1. The summed E-state index contributed by atoms with van der Waals surface area (Å²) in [6, 6.07) is 12.4. The highest BCUT2D eigenvalue weighted by atomic mass is 16.5. The normalized spacial score (nSPS) is 31.3. The lowest BCUT2D eigenvalue weighted by Crippen LogP contribution is -2.62. The lowest BCUT2D eigenvalue weighted by Gasteiger charge is -2.52. The summed E-state index contributed by atoms with van der Waals surface area (Å²) in [5, 5.41) is 4.13. The minimum Gasteiger partial charge on any atom is -0.351 e. The maximum atomic E-state index is 13.8. The van der Waals surface area contributed by atoms with Crippen LogP contribution in [0, 0.1) is 5.41 Å². The fourth-order valence-corrected chi connectivity index (χ4v) is 6.71. The van der Waals surface area contributed by atoms with Gasteiger partial charge in [-0.3, -0.25) is 9.59 Å². The van der Waals surface area contributed by atoms with Crippen LogP contribution in [-0.2, 0) is 11.2 Å². The highest BCUT2D eigenvalue weighted by Gasteiger charge is 2.64. The second kappa shape index (κ2) is 7.75. The molecule has 2 aliphatic heterocycles. The van der Waals surface area contributed by atoms with Crippen molar-refractivity contribution >= 4 is 11.8 Å². The van der Waals surface area contributed by atoms with Gasteiger partial charge in [-0.25, -0.2) is 0 Å². The number of fused-ring (bicyclic) bond motifs is 1. The molecule has 0 spiro atoms. The molecule has 1 aromatic carbocycles. The lowest BCUT2D eigenvalue weighted by molar-refractivity contribution is -0.142. The van der Waals surface area contributed by atoms with Gasteiger partial charge in [0.1, 0.15) is 0 Å². The third-order valence-corrected chi connectivity index (χ3v) is 8.17. The molecule has 0 unspecified atom stereocenters. The zero-order chi connectivity index (χ0) is 22.6. The van der Waals surface area contributed by atoms with Crippen LogP contribution in [0.4, 0.5) is 0 Å². The quantitative estimate of drug-likeness (QED) is 0.713. The summed E-state index contributed by atoms with van der Waals surface area (Å²) in [7, 11) is 0. The van der Waals surface area contributed by atoms with Gasteiger partial charge in [-0.2, -0.15) is 0 Å². The summed E-state index contributed by atoms with van der Waals surface area (Å²) < 4.78 is 5.53. The first kappa shape index (κ1) is 21.2. The number of hydrogen-bond acceptors (Lipinski definition) is 4. The molecule has 0 radical (unpaired) electrons. The van der Waals surface area contributed by atoms with Gasteiger partial charge in [-0.15, -0.1) is 0 Å². The maximum Gasteiger partial charge on any atom is 0.293 e. The Kier molecular flexibility index (Phi) is 5.14. The maximum absolute atomic E-state index is 13.8. The highest BCUT2D eigenvalue weighted by Crippen LogP contribution is 2.56. The van der Waals surface area contributed by atoms with Gasteiger partial charge in [0.15, 0.2) is 0 Å². The molecule has 1 saturated carbocycles. The van der Waals surface area contributed by atoms with Crippen molar-refractivity contribution in [1.82, 2.24) is 15.0 Å². The molecule has 3 aliphatic rings. The molecule has 3 heterocycles. The summed E-state index contributed by atoms with van der Waals surface area (Å²) in [6.07, 6.45) is 4.69. The molecule has 2 aromatic rings. The number of hydrogen-bond donors (Lipinski definition) is 0. The molecule has 3 fully saturated rings. The lowest BCUT2D eigenvalue weighted by atomic mass is 9.64. The van der Waals surface area contributed by atoms with E-state index < -0.39 is 0 Å². The molecule has 32 heavy (non-hydrogen) atoms. The van der Waals surface area contributed by atoms with Gasteiger partial charge in [-0.05, 0) is 43.6 Å². The van der Waals surface area contributed by atoms with Crippen molar-refractivity contribution in [3.05, 3.63) is 53.4 Å². The number of benzene rings is 1. The predicted molar refractivity (Wildman–Crippen MR) is 121 cm³/mol. The molecule has 1 aliphatic carbocycles. The smallest absolute Gasteiger partial charge is 0.293 e. The van der Waals surface area contributed by atoms with E-state index in [2.05, 4.69) is 34.0 Å². The number of rotatable bonds is 4. The Labute approximate surface area is 189 Å². The van der Waals surface area contributed by atoms with Crippen LogP contribution in [0.25, 0.3) is 0 Å². The molecule has 6 nitrogen and oxygen atoms in total. The van der Waals surface area contributed by atoms with E-state index in [0.29, 0.717) is 5.76 Å². The zero-order valence-electron chi connectivity index (χ0n) is 19.5. The zero-order valence-corrected chi connectivity index (χ0v) is 19.5. The molecule has 5 rings (SSSR count). The van der Waals surface area contributed by atoms with Gasteiger partial charge in [0, 0.05) is 30.5 Å². The van der Waals surface area contributed by atoms with Gasteiger partial charge in [0.25, 0.3) is 5.91 Å².